The molecule has 0 radical (unpaired) electrons. The van der Waals surface area contributed by atoms with Gasteiger partial charge in [0.05, 0.1) is 5.69 Å². The normalized spacial score (nSPS) is 14.4. The van der Waals surface area contributed by atoms with Gasteiger partial charge in [-0.15, -0.1) is 0 Å². The fourth-order valence-electron chi connectivity index (χ4n) is 2.97. The second kappa shape index (κ2) is 8.86. The lowest BCUT2D eigenvalue weighted by Gasteiger charge is -2.28. The SMILES string of the molecule is CCCCCCCC(C)(CCCC)c1nc(Br)oc1C. The van der Waals surface area contributed by atoms with E-state index in [-0.39, 0.29) is 5.41 Å². The first kappa shape index (κ1) is 17.7. The van der Waals surface area contributed by atoms with E-state index in [1.165, 1.54) is 57.8 Å². The highest BCUT2D eigenvalue weighted by Gasteiger charge is 2.31. The molecule has 1 aromatic heterocycles. The standard InChI is InChI=1S/C17H30BrNO/c1-5-7-9-10-11-13-17(4,12-8-6-2)15-14(3)20-16(18)19-15/h5-13H2,1-4H3. The Morgan fingerprint density at radius 3 is 2.15 bits per heavy atom. The van der Waals surface area contributed by atoms with Crippen LogP contribution in [0.5, 0.6) is 0 Å². The number of hydrogen-bond donors (Lipinski definition) is 0. The maximum atomic E-state index is 5.59. The molecule has 1 heterocycles. The average Bonchev–Trinajstić information content (AvgIpc) is 2.76. The van der Waals surface area contributed by atoms with Gasteiger partial charge < -0.3 is 4.42 Å². The Labute approximate surface area is 132 Å². The van der Waals surface area contributed by atoms with E-state index in [0.717, 1.165) is 11.5 Å². The predicted octanol–water partition coefficient (Wildman–Crippen LogP) is 6.55. The van der Waals surface area contributed by atoms with Gasteiger partial charge in [0.25, 0.3) is 4.80 Å². The van der Waals surface area contributed by atoms with Gasteiger partial charge in [0.2, 0.25) is 0 Å². The lowest BCUT2D eigenvalue weighted by Crippen LogP contribution is -2.23. The Bertz CT molecular complexity index is 388. The number of unbranched alkanes of at least 4 members (excludes halogenated alkanes) is 5. The van der Waals surface area contributed by atoms with E-state index in [4.69, 9.17) is 4.42 Å². The summed E-state index contributed by atoms with van der Waals surface area (Å²) in [4.78, 5) is 5.22. The molecule has 0 aliphatic rings. The highest BCUT2D eigenvalue weighted by Crippen LogP contribution is 2.37. The summed E-state index contributed by atoms with van der Waals surface area (Å²) in [7, 11) is 0. The van der Waals surface area contributed by atoms with Gasteiger partial charge in [-0.1, -0.05) is 65.7 Å². The van der Waals surface area contributed by atoms with E-state index < -0.39 is 0 Å². The summed E-state index contributed by atoms with van der Waals surface area (Å²) < 4.78 is 5.59. The van der Waals surface area contributed by atoms with Crippen LogP contribution >= 0.6 is 15.9 Å². The molecule has 1 unspecified atom stereocenters. The van der Waals surface area contributed by atoms with Crippen LogP contribution in [-0.2, 0) is 5.41 Å². The Kier molecular flexibility index (Phi) is 7.86. The van der Waals surface area contributed by atoms with E-state index in [9.17, 15) is 0 Å². The molecule has 2 nitrogen and oxygen atoms in total. The quantitative estimate of drug-likeness (QED) is 0.450. The number of oxazole rings is 1. The topological polar surface area (TPSA) is 26.0 Å². The highest BCUT2D eigenvalue weighted by molar-refractivity contribution is 9.10. The lowest BCUT2D eigenvalue weighted by molar-refractivity contribution is 0.355. The van der Waals surface area contributed by atoms with Crippen molar-refractivity contribution in [2.75, 3.05) is 0 Å². The van der Waals surface area contributed by atoms with Gasteiger partial charge in [0, 0.05) is 21.3 Å². The molecule has 1 atom stereocenters. The fraction of sp³-hybridized carbons (Fsp3) is 0.824. The van der Waals surface area contributed by atoms with E-state index in [2.05, 4.69) is 41.7 Å². The minimum Gasteiger partial charge on any atom is -0.436 e. The first-order valence-corrected chi connectivity index (χ1v) is 8.96. The minimum absolute atomic E-state index is 0.168. The van der Waals surface area contributed by atoms with Crippen LogP contribution in [0.25, 0.3) is 0 Å². The molecule has 0 saturated carbocycles. The van der Waals surface area contributed by atoms with Crippen LogP contribution in [0.4, 0.5) is 0 Å². The summed E-state index contributed by atoms with van der Waals surface area (Å²) in [6, 6.07) is 0. The van der Waals surface area contributed by atoms with Crippen molar-refractivity contribution < 1.29 is 4.42 Å². The second-order valence-corrected chi connectivity index (χ2v) is 6.88. The van der Waals surface area contributed by atoms with Crippen LogP contribution in [0.2, 0.25) is 0 Å². The zero-order valence-corrected chi connectivity index (χ0v) is 15.2. The number of hydrogen-bond acceptors (Lipinski definition) is 2. The molecular formula is C17H30BrNO. The van der Waals surface area contributed by atoms with Crippen LogP contribution in [0.15, 0.2) is 9.22 Å². The van der Waals surface area contributed by atoms with Crippen molar-refractivity contribution in [3.8, 4) is 0 Å². The Morgan fingerprint density at radius 2 is 1.60 bits per heavy atom. The minimum atomic E-state index is 0.168. The number of nitrogens with zero attached hydrogens (tertiary/aromatic N) is 1. The van der Waals surface area contributed by atoms with Crippen LogP contribution in [-0.4, -0.2) is 4.98 Å². The summed E-state index contributed by atoms with van der Waals surface area (Å²) in [5, 5.41) is 0. The zero-order chi connectivity index (χ0) is 15.0. The molecule has 20 heavy (non-hydrogen) atoms. The molecule has 0 aliphatic heterocycles. The first-order chi connectivity index (χ1) is 9.53. The molecule has 0 aromatic carbocycles. The molecule has 1 rings (SSSR count). The van der Waals surface area contributed by atoms with Crippen LogP contribution in [0, 0.1) is 6.92 Å². The van der Waals surface area contributed by atoms with Crippen molar-refractivity contribution in [1.29, 1.82) is 0 Å². The fourth-order valence-corrected chi connectivity index (χ4v) is 3.39. The maximum absolute atomic E-state index is 5.59. The largest absolute Gasteiger partial charge is 0.436 e. The molecule has 116 valence electrons. The Balaban J connectivity index is 2.68. The van der Waals surface area contributed by atoms with Crippen molar-refractivity contribution in [2.45, 2.75) is 90.9 Å². The van der Waals surface area contributed by atoms with E-state index >= 15 is 0 Å². The van der Waals surface area contributed by atoms with Gasteiger partial charge in [0.1, 0.15) is 5.76 Å². The Hall–Kier alpha value is -0.310. The third-order valence-corrected chi connectivity index (χ3v) is 4.60. The summed E-state index contributed by atoms with van der Waals surface area (Å²) in [6.45, 7) is 8.92. The molecule has 1 aromatic rings. The van der Waals surface area contributed by atoms with Gasteiger partial charge in [-0.2, -0.15) is 0 Å². The Morgan fingerprint density at radius 1 is 1.00 bits per heavy atom. The summed E-state index contributed by atoms with van der Waals surface area (Å²) in [5.74, 6) is 0.976. The molecule has 0 spiro atoms. The smallest absolute Gasteiger partial charge is 0.264 e. The first-order valence-electron chi connectivity index (χ1n) is 8.17. The lowest BCUT2D eigenvalue weighted by atomic mass is 9.76. The number of halogens is 1. The van der Waals surface area contributed by atoms with Crippen LogP contribution < -0.4 is 0 Å². The van der Waals surface area contributed by atoms with Gasteiger partial charge >= 0.3 is 0 Å². The van der Waals surface area contributed by atoms with Crippen molar-refractivity contribution in [3.05, 3.63) is 16.3 Å². The van der Waals surface area contributed by atoms with E-state index in [1.54, 1.807) is 0 Å². The van der Waals surface area contributed by atoms with Crippen molar-refractivity contribution in [2.24, 2.45) is 0 Å². The molecule has 0 fully saturated rings. The monoisotopic (exact) mass is 343 g/mol. The molecule has 0 aliphatic carbocycles. The number of rotatable bonds is 10. The third-order valence-electron chi connectivity index (χ3n) is 4.26. The zero-order valence-electron chi connectivity index (χ0n) is 13.6. The van der Waals surface area contributed by atoms with Gasteiger partial charge in [-0.05, 0) is 19.8 Å². The highest BCUT2D eigenvalue weighted by atomic mass is 79.9. The van der Waals surface area contributed by atoms with Crippen LogP contribution in [0.3, 0.4) is 0 Å². The molecule has 0 amide bonds. The third kappa shape index (κ3) is 5.23. The van der Waals surface area contributed by atoms with Gasteiger partial charge in [-0.25, -0.2) is 4.98 Å². The number of aryl methyl sites for hydroxylation is 1. The molecule has 0 bridgehead atoms. The predicted molar refractivity (Wildman–Crippen MR) is 89.2 cm³/mol. The molecule has 3 heteroatoms. The summed E-state index contributed by atoms with van der Waals surface area (Å²) >= 11 is 3.37. The van der Waals surface area contributed by atoms with E-state index in [0.29, 0.717) is 4.80 Å². The summed E-state index contributed by atoms with van der Waals surface area (Å²) in [5.41, 5.74) is 1.33. The average molecular weight is 344 g/mol. The number of aromatic nitrogens is 1. The van der Waals surface area contributed by atoms with Crippen molar-refractivity contribution in [3.63, 3.8) is 0 Å². The molecule has 0 saturated heterocycles. The van der Waals surface area contributed by atoms with Crippen molar-refractivity contribution in [1.82, 2.24) is 4.98 Å². The maximum Gasteiger partial charge on any atom is 0.264 e. The van der Waals surface area contributed by atoms with Crippen LogP contribution in [0.1, 0.15) is 90.0 Å². The summed E-state index contributed by atoms with van der Waals surface area (Å²) in [6.07, 6.45) is 11.6. The molecular weight excluding hydrogens is 314 g/mol. The second-order valence-electron chi connectivity index (χ2n) is 6.20. The van der Waals surface area contributed by atoms with E-state index in [1.807, 2.05) is 6.92 Å². The van der Waals surface area contributed by atoms with Gasteiger partial charge in [0.15, 0.2) is 0 Å². The van der Waals surface area contributed by atoms with Gasteiger partial charge in [-0.3, -0.25) is 0 Å². The molecule has 0 N–H and O–H groups in total. The van der Waals surface area contributed by atoms with Crippen molar-refractivity contribution >= 4 is 15.9 Å².